The average molecular weight is 383 g/mol. The van der Waals surface area contributed by atoms with Gasteiger partial charge in [0.2, 0.25) is 0 Å². The maximum atomic E-state index is 12.5. The predicted molar refractivity (Wildman–Crippen MR) is 102 cm³/mol. The Morgan fingerprint density at radius 2 is 2.26 bits per heavy atom. The fourth-order valence-electron chi connectivity index (χ4n) is 3.03. The van der Waals surface area contributed by atoms with Crippen LogP contribution in [0.5, 0.6) is 0 Å². The molecule has 2 amide bonds. The second kappa shape index (κ2) is 7.34. The molecule has 0 fully saturated rings. The molecule has 0 atom stereocenters. The molecule has 1 aliphatic heterocycles. The van der Waals surface area contributed by atoms with Crippen LogP contribution in [-0.2, 0) is 16.0 Å². The highest BCUT2D eigenvalue weighted by Gasteiger charge is 2.25. The SMILES string of the molecule is COCC(=O)N1CCc2cc(NC(=O)c3cnc(-c4ccco4)s3)ccc21. The molecule has 0 radical (unpaired) electrons. The lowest BCUT2D eigenvalue weighted by molar-refractivity contribution is -0.122. The molecule has 8 heteroatoms. The highest BCUT2D eigenvalue weighted by Crippen LogP contribution is 2.31. The molecular formula is C19H17N3O4S. The number of nitrogens with zero attached hydrogens (tertiary/aromatic N) is 2. The van der Waals surface area contributed by atoms with Gasteiger partial charge in [-0.05, 0) is 42.3 Å². The second-order valence-electron chi connectivity index (χ2n) is 6.03. The van der Waals surface area contributed by atoms with E-state index in [0.717, 1.165) is 17.7 Å². The number of aromatic nitrogens is 1. The van der Waals surface area contributed by atoms with Gasteiger partial charge in [0, 0.05) is 25.0 Å². The highest BCUT2D eigenvalue weighted by atomic mass is 32.1. The summed E-state index contributed by atoms with van der Waals surface area (Å²) in [5.74, 6) is 0.344. The molecule has 2 aromatic heterocycles. The van der Waals surface area contributed by atoms with E-state index in [0.29, 0.717) is 27.9 Å². The van der Waals surface area contributed by atoms with Crippen molar-refractivity contribution in [3.8, 4) is 10.8 Å². The summed E-state index contributed by atoms with van der Waals surface area (Å²) in [7, 11) is 1.50. The number of hydrogen-bond donors (Lipinski definition) is 1. The van der Waals surface area contributed by atoms with Crippen LogP contribution in [0.25, 0.3) is 10.8 Å². The maximum absolute atomic E-state index is 12.5. The number of fused-ring (bicyclic) bond motifs is 1. The predicted octanol–water partition coefficient (Wildman–Crippen LogP) is 3.19. The number of thiazole rings is 1. The number of carbonyl (C=O) groups excluding carboxylic acids is 2. The molecule has 27 heavy (non-hydrogen) atoms. The zero-order chi connectivity index (χ0) is 18.8. The molecule has 0 unspecified atom stereocenters. The fraction of sp³-hybridized carbons (Fsp3) is 0.211. The van der Waals surface area contributed by atoms with E-state index in [1.807, 2.05) is 12.1 Å². The van der Waals surface area contributed by atoms with Crippen LogP contribution in [0.1, 0.15) is 15.2 Å². The van der Waals surface area contributed by atoms with Crippen molar-refractivity contribution in [1.82, 2.24) is 4.98 Å². The van der Waals surface area contributed by atoms with E-state index in [1.54, 1.807) is 29.4 Å². The molecule has 4 rings (SSSR count). The van der Waals surface area contributed by atoms with E-state index in [1.165, 1.54) is 24.6 Å². The number of rotatable bonds is 5. The zero-order valence-electron chi connectivity index (χ0n) is 14.6. The summed E-state index contributed by atoms with van der Waals surface area (Å²) >= 11 is 1.27. The Morgan fingerprint density at radius 3 is 3.04 bits per heavy atom. The smallest absolute Gasteiger partial charge is 0.267 e. The number of carbonyl (C=O) groups is 2. The third-order valence-corrected chi connectivity index (χ3v) is 5.27. The van der Waals surface area contributed by atoms with Crippen molar-refractivity contribution < 1.29 is 18.7 Å². The first-order chi connectivity index (χ1) is 13.2. The lowest BCUT2D eigenvalue weighted by Crippen LogP contribution is -2.31. The first-order valence-electron chi connectivity index (χ1n) is 8.39. The van der Waals surface area contributed by atoms with Crippen LogP contribution in [0.15, 0.2) is 47.2 Å². The third kappa shape index (κ3) is 3.49. The van der Waals surface area contributed by atoms with Gasteiger partial charge in [-0.1, -0.05) is 0 Å². The minimum Gasteiger partial charge on any atom is -0.462 e. The lowest BCUT2D eigenvalue weighted by Gasteiger charge is -2.17. The number of ether oxygens (including phenoxy) is 1. The summed E-state index contributed by atoms with van der Waals surface area (Å²) < 4.78 is 10.2. The largest absolute Gasteiger partial charge is 0.462 e. The summed E-state index contributed by atoms with van der Waals surface area (Å²) in [5, 5.41) is 3.55. The van der Waals surface area contributed by atoms with Crippen molar-refractivity contribution in [1.29, 1.82) is 0 Å². The van der Waals surface area contributed by atoms with Gasteiger partial charge < -0.3 is 19.4 Å². The van der Waals surface area contributed by atoms with E-state index in [-0.39, 0.29) is 18.4 Å². The molecule has 0 saturated heterocycles. The fourth-order valence-corrected chi connectivity index (χ4v) is 3.81. The number of hydrogen-bond acceptors (Lipinski definition) is 6. The van der Waals surface area contributed by atoms with Gasteiger partial charge in [0.1, 0.15) is 11.5 Å². The maximum Gasteiger partial charge on any atom is 0.267 e. The molecule has 3 aromatic rings. The number of benzene rings is 1. The molecule has 7 nitrogen and oxygen atoms in total. The Hall–Kier alpha value is -2.97. The number of anilines is 2. The number of methoxy groups -OCH3 is 1. The topological polar surface area (TPSA) is 84.7 Å². The first-order valence-corrected chi connectivity index (χ1v) is 9.20. The van der Waals surface area contributed by atoms with Gasteiger partial charge in [-0.2, -0.15) is 0 Å². The van der Waals surface area contributed by atoms with Crippen molar-refractivity contribution in [2.75, 3.05) is 30.5 Å². The van der Waals surface area contributed by atoms with Gasteiger partial charge in [0.25, 0.3) is 11.8 Å². The van der Waals surface area contributed by atoms with Crippen LogP contribution in [0.3, 0.4) is 0 Å². The molecule has 3 heterocycles. The average Bonchev–Trinajstić information content (AvgIpc) is 3.40. The van der Waals surface area contributed by atoms with Crippen LogP contribution >= 0.6 is 11.3 Å². The van der Waals surface area contributed by atoms with Gasteiger partial charge in [0.05, 0.1) is 12.5 Å². The first kappa shape index (κ1) is 17.4. The monoisotopic (exact) mass is 383 g/mol. The van der Waals surface area contributed by atoms with Gasteiger partial charge in [0.15, 0.2) is 10.8 Å². The zero-order valence-corrected chi connectivity index (χ0v) is 15.4. The molecule has 0 aliphatic carbocycles. The lowest BCUT2D eigenvalue weighted by atomic mass is 10.1. The Morgan fingerprint density at radius 1 is 1.37 bits per heavy atom. The van der Waals surface area contributed by atoms with Crippen molar-refractivity contribution in [3.05, 3.63) is 53.2 Å². The summed E-state index contributed by atoms with van der Waals surface area (Å²) in [6.07, 6.45) is 3.86. The second-order valence-corrected chi connectivity index (χ2v) is 7.06. The quantitative estimate of drug-likeness (QED) is 0.731. The van der Waals surface area contributed by atoms with Crippen molar-refractivity contribution in [2.24, 2.45) is 0 Å². The van der Waals surface area contributed by atoms with Gasteiger partial charge in [-0.15, -0.1) is 11.3 Å². The van der Waals surface area contributed by atoms with E-state index in [4.69, 9.17) is 9.15 Å². The van der Waals surface area contributed by atoms with E-state index >= 15 is 0 Å². The van der Waals surface area contributed by atoms with Crippen LogP contribution in [0, 0.1) is 0 Å². The minimum absolute atomic E-state index is 0.0569. The summed E-state index contributed by atoms with van der Waals surface area (Å²) in [4.78, 5) is 31.0. The highest BCUT2D eigenvalue weighted by molar-refractivity contribution is 7.17. The van der Waals surface area contributed by atoms with Gasteiger partial charge >= 0.3 is 0 Å². The molecule has 1 aliphatic rings. The number of nitrogens with one attached hydrogen (secondary N) is 1. The normalized spacial score (nSPS) is 12.9. The summed E-state index contributed by atoms with van der Waals surface area (Å²) in [5.41, 5.74) is 2.58. The van der Waals surface area contributed by atoms with Crippen LogP contribution < -0.4 is 10.2 Å². The van der Waals surface area contributed by atoms with E-state index < -0.39 is 0 Å². The molecule has 0 bridgehead atoms. The molecule has 0 saturated carbocycles. The van der Waals surface area contributed by atoms with E-state index in [9.17, 15) is 9.59 Å². The van der Waals surface area contributed by atoms with E-state index in [2.05, 4.69) is 10.3 Å². The van der Waals surface area contributed by atoms with Crippen molar-refractivity contribution in [3.63, 3.8) is 0 Å². The Bertz CT molecular complexity index is 981. The van der Waals surface area contributed by atoms with Crippen LogP contribution in [0.4, 0.5) is 11.4 Å². The molecule has 0 spiro atoms. The van der Waals surface area contributed by atoms with Gasteiger partial charge in [-0.25, -0.2) is 4.98 Å². The van der Waals surface area contributed by atoms with Gasteiger partial charge in [-0.3, -0.25) is 9.59 Å². The standard InChI is InChI=1S/C19H17N3O4S/c1-25-11-17(23)22-7-6-12-9-13(4-5-14(12)22)21-18(24)16-10-20-19(27-16)15-3-2-8-26-15/h2-5,8-10H,6-7,11H2,1H3,(H,21,24). The summed E-state index contributed by atoms with van der Waals surface area (Å²) in [6, 6.07) is 9.14. The Labute approximate surface area is 159 Å². The Balaban J connectivity index is 1.48. The molecule has 1 N–H and O–H groups in total. The molecule has 138 valence electrons. The number of amides is 2. The molecule has 1 aromatic carbocycles. The number of furan rings is 1. The molecular weight excluding hydrogens is 366 g/mol. The summed E-state index contributed by atoms with van der Waals surface area (Å²) in [6.45, 7) is 0.678. The van der Waals surface area contributed by atoms with Crippen molar-refractivity contribution in [2.45, 2.75) is 6.42 Å². The third-order valence-electron chi connectivity index (χ3n) is 4.26. The van der Waals surface area contributed by atoms with Crippen molar-refractivity contribution >= 4 is 34.5 Å². The van der Waals surface area contributed by atoms with Crippen LogP contribution in [0.2, 0.25) is 0 Å². The Kier molecular flexibility index (Phi) is 4.74. The minimum atomic E-state index is -0.226. The van der Waals surface area contributed by atoms with Crippen LogP contribution in [-0.4, -0.2) is 37.1 Å².